The molecule has 0 fully saturated rings. The molecule has 1 rings (SSSR count). The summed E-state index contributed by atoms with van der Waals surface area (Å²) in [7, 11) is 0. The van der Waals surface area contributed by atoms with Crippen molar-refractivity contribution in [2.75, 3.05) is 17.6 Å². The van der Waals surface area contributed by atoms with Gasteiger partial charge in [-0.25, -0.2) is 8.78 Å². The van der Waals surface area contributed by atoms with Crippen LogP contribution >= 0.6 is 11.3 Å². The Morgan fingerprint density at radius 1 is 1.38 bits per heavy atom. The van der Waals surface area contributed by atoms with Crippen LogP contribution in [0.25, 0.3) is 0 Å². The monoisotopic (exact) mass is 327 g/mol. The van der Waals surface area contributed by atoms with E-state index in [9.17, 15) is 27.2 Å². The first kappa shape index (κ1) is 17.2. The number of Topliss-reactive ketones (excluding diaryl/α,β-unsaturated/α-hetero) is 1. The Bertz CT molecular complexity index is 560. The van der Waals surface area contributed by atoms with E-state index in [1.807, 2.05) is 5.32 Å². The second-order valence-corrected chi connectivity index (χ2v) is 5.13. The molecule has 5 N–H and O–H groups in total. The molecule has 0 unspecified atom stereocenters. The quantitative estimate of drug-likeness (QED) is 0.529. The molecule has 5 nitrogen and oxygen atoms in total. The number of hydrogen-bond acceptors (Lipinski definition) is 5. The van der Waals surface area contributed by atoms with Gasteiger partial charge in [0.1, 0.15) is 5.00 Å². The van der Waals surface area contributed by atoms with Crippen LogP contribution < -0.4 is 16.8 Å². The molecule has 0 aliphatic carbocycles. The van der Waals surface area contributed by atoms with Crippen LogP contribution in [0.15, 0.2) is 0 Å². The lowest BCUT2D eigenvalue weighted by molar-refractivity contribution is -0.117. The zero-order chi connectivity index (χ0) is 16.4. The number of nitrogen functional groups attached to an aromatic ring is 1. The van der Waals surface area contributed by atoms with Crippen LogP contribution in [-0.2, 0) is 0 Å². The van der Waals surface area contributed by atoms with E-state index in [4.69, 9.17) is 11.5 Å². The minimum atomic E-state index is -4.29. The molecule has 0 aromatic carbocycles. The maximum absolute atomic E-state index is 12.9. The Morgan fingerprint density at radius 3 is 2.38 bits per heavy atom. The van der Waals surface area contributed by atoms with Crippen molar-refractivity contribution < 1.29 is 27.2 Å². The van der Waals surface area contributed by atoms with E-state index in [1.165, 1.54) is 0 Å². The first-order valence-corrected chi connectivity index (χ1v) is 6.58. The second kappa shape index (κ2) is 6.29. The van der Waals surface area contributed by atoms with Gasteiger partial charge in [0.2, 0.25) is 0 Å². The van der Waals surface area contributed by atoms with Gasteiger partial charge in [-0.15, -0.1) is 11.3 Å². The summed E-state index contributed by atoms with van der Waals surface area (Å²) in [5, 5.41) is 1.79. The van der Waals surface area contributed by atoms with E-state index in [0.717, 1.165) is 0 Å². The molecule has 1 aromatic heterocycles. The molecule has 118 valence electrons. The van der Waals surface area contributed by atoms with Gasteiger partial charge in [0, 0.05) is 6.42 Å². The van der Waals surface area contributed by atoms with E-state index < -0.39 is 30.6 Å². The first-order chi connectivity index (χ1) is 9.61. The largest absolute Gasteiger partial charge is 0.397 e. The van der Waals surface area contributed by atoms with Crippen molar-refractivity contribution >= 4 is 33.7 Å². The number of rotatable bonds is 7. The van der Waals surface area contributed by atoms with Gasteiger partial charge in [-0.3, -0.25) is 9.59 Å². The minimum absolute atomic E-state index is 0.0193. The molecule has 0 saturated carbocycles. The summed E-state index contributed by atoms with van der Waals surface area (Å²) < 4.78 is 49.9. The molecule has 1 amide bonds. The number of nitrogens with one attached hydrogen (secondary N) is 1. The van der Waals surface area contributed by atoms with Gasteiger partial charge >= 0.3 is 12.3 Å². The lowest BCUT2D eigenvalue weighted by atomic mass is 10.1. The van der Waals surface area contributed by atoms with Crippen LogP contribution in [0.3, 0.4) is 0 Å². The van der Waals surface area contributed by atoms with Crippen molar-refractivity contribution in [3.63, 3.8) is 0 Å². The molecule has 0 bridgehead atoms. The zero-order valence-corrected chi connectivity index (χ0v) is 11.7. The summed E-state index contributed by atoms with van der Waals surface area (Å²) in [6, 6.07) is 0. The van der Waals surface area contributed by atoms with Crippen LogP contribution in [-0.4, -0.2) is 30.6 Å². The van der Waals surface area contributed by atoms with Crippen LogP contribution in [0.4, 0.5) is 28.3 Å². The fourth-order valence-corrected chi connectivity index (χ4v) is 2.59. The molecule has 1 heterocycles. The van der Waals surface area contributed by atoms with Crippen molar-refractivity contribution in [1.29, 1.82) is 0 Å². The summed E-state index contributed by atoms with van der Waals surface area (Å²) in [6.07, 6.45) is -3.79. The third kappa shape index (κ3) is 3.63. The van der Waals surface area contributed by atoms with Crippen LogP contribution in [0.1, 0.15) is 33.4 Å². The van der Waals surface area contributed by atoms with Gasteiger partial charge in [-0.1, -0.05) is 6.92 Å². The van der Waals surface area contributed by atoms with Crippen molar-refractivity contribution in [1.82, 2.24) is 0 Å². The van der Waals surface area contributed by atoms with E-state index >= 15 is 0 Å². The predicted octanol–water partition coefficient (Wildman–Crippen LogP) is 2.33. The molecule has 0 aliphatic heterocycles. The molecule has 0 atom stereocenters. The Kier molecular flexibility index (Phi) is 5.15. The summed E-state index contributed by atoms with van der Waals surface area (Å²) >= 11 is 0.635. The summed E-state index contributed by atoms with van der Waals surface area (Å²) in [6.45, 7) is 0.133. The Hall–Kier alpha value is -1.84. The van der Waals surface area contributed by atoms with E-state index in [0.29, 0.717) is 11.3 Å². The molecule has 0 spiro atoms. The number of thiophene rings is 1. The van der Waals surface area contributed by atoms with Gasteiger partial charge in [0.05, 0.1) is 22.7 Å². The highest BCUT2D eigenvalue weighted by molar-refractivity contribution is 7.19. The lowest BCUT2D eigenvalue weighted by Gasteiger charge is -2.16. The number of anilines is 2. The highest BCUT2D eigenvalue weighted by Crippen LogP contribution is 2.37. The predicted molar refractivity (Wildman–Crippen MR) is 71.3 cm³/mol. The molecule has 0 saturated heterocycles. The van der Waals surface area contributed by atoms with Gasteiger partial charge in [0.25, 0.3) is 5.91 Å². The molecular formula is C11H13F4N3O2S. The third-order valence-electron chi connectivity index (χ3n) is 2.57. The number of carbonyl (C=O) groups is 2. The van der Waals surface area contributed by atoms with E-state index in [1.54, 1.807) is 6.92 Å². The van der Waals surface area contributed by atoms with Crippen molar-refractivity contribution in [2.45, 2.75) is 25.7 Å². The highest BCUT2D eigenvalue weighted by Gasteiger charge is 2.41. The van der Waals surface area contributed by atoms with Gasteiger partial charge < -0.3 is 16.8 Å². The molecule has 1 aromatic rings. The van der Waals surface area contributed by atoms with Crippen LogP contribution in [0.5, 0.6) is 0 Å². The average molecular weight is 327 g/mol. The van der Waals surface area contributed by atoms with Crippen LogP contribution in [0, 0.1) is 0 Å². The normalized spacial score (nSPS) is 11.7. The summed E-state index contributed by atoms with van der Waals surface area (Å²) in [4.78, 5) is 22.9. The topological polar surface area (TPSA) is 98.2 Å². The number of halogens is 4. The average Bonchev–Trinajstić information content (AvgIpc) is 2.72. The number of alkyl halides is 4. The number of ketones is 1. The van der Waals surface area contributed by atoms with E-state index in [-0.39, 0.29) is 27.5 Å². The third-order valence-corrected chi connectivity index (χ3v) is 3.77. The smallest absolute Gasteiger partial charge is 0.324 e. The van der Waals surface area contributed by atoms with Crippen molar-refractivity contribution in [3.05, 3.63) is 10.4 Å². The fraction of sp³-hybridized carbons (Fsp3) is 0.455. The maximum atomic E-state index is 12.9. The SMILES string of the molecule is CCC(=O)c1sc(NCC(F)(F)C(F)F)c(C(N)=O)c1N. The minimum Gasteiger partial charge on any atom is -0.397 e. The number of nitrogens with two attached hydrogens (primary N) is 2. The number of amides is 1. The molecule has 0 aliphatic rings. The Morgan fingerprint density at radius 2 is 1.95 bits per heavy atom. The van der Waals surface area contributed by atoms with Crippen molar-refractivity contribution in [3.8, 4) is 0 Å². The number of primary amides is 1. The summed E-state index contributed by atoms with van der Waals surface area (Å²) in [5.41, 5.74) is 10.1. The van der Waals surface area contributed by atoms with Gasteiger partial charge in [-0.2, -0.15) is 8.78 Å². The number of carbonyl (C=O) groups excluding carboxylic acids is 2. The summed E-state index contributed by atoms with van der Waals surface area (Å²) in [5.74, 6) is -5.74. The second-order valence-electron chi connectivity index (χ2n) is 4.11. The first-order valence-electron chi connectivity index (χ1n) is 5.76. The Labute approximate surface area is 121 Å². The fourth-order valence-electron chi connectivity index (χ4n) is 1.46. The molecular weight excluding hydrogens is 314 g/mol. The lowest BCUT2D eigenvalue weighted by Crippen LogP contribution is -2.35. The molecule has 21 heavy (non-hydrogen) atoms. The Balaban J connectivity index is 3.12. The zero-order valence-electron chi connectivity index (χ0n) is 10.9. The van der Waals surface area contributed by atoms with Gasteiger partial charge in [0.15, 0.2) is 5.78 Å². The van der Waals surface area contributed by atoms with Gasteiger partial charge in [-0.05, 0) is 0 Å². The van der Waals surface area contributed by atoms with Crippen LogP contribution in [0.2, 0.25) is 0 Å². The molecule has 10 heteroatoms. The van der Waals surface area contributed by atoms with Crippen molar-refractivity contribution in [2.24, 2.45) is 5.73 Å². The van der Waals surface area contributed by atoms with E-state index in [2.05, 4.69) is 0 Å². The standard InChI is InChI=1S/C11H13F4N3O2S/c1-2-4(19)7-6(16)5(8(17)20)9(21-7)18-3-11(14,15)10(12)13/h10,18H,2-3,16H2,1H3,(H2,17,20). The molecule has 0 radical (unpaired) electrons. The highest BCUT2D eigenvalue weighted by atomic mass is 32.1. The maximum Gasteiger partial charge on any atom is 0.324 e. The number of hydrogen-bond donors (Lipinski definition) is 3.